The van der Waals surface area contributed by atoms with Crippen LogP contribution in [0, 0.1) is 0 Å². The molecule has 0 N–H and O–H groups in total. The maximum absolute atomic E-state index is 12.2. The molecule has 0 fully saturated rings. The van der Waals surface area contributed by atoms with Crippen molar-refractivity contribution in [2.75, 3.05) is 27.4 Å². The Balaban J connectivity index is 1.53. The molecule has 1 amide bonds. The Kier molecular flexibility index (Phi) is 3.88. The molecule has 0 spiro atoms. The lowest BCUT2D eigenvalue weighted by Crippen LogP contribution is -2.36. The molecule has 25 heavy (non-hydrogen) atoms. The summed E-state index contributed by atoms with van der Waals surface area (Å²) in [5.41, 5.74) is 1.69. The Labute approximate surface area is 146 Å². The zero-order valence-electron chi connectivity index (χ0n) is 14.7. The van der Waals surface area contributed by atoms with Gasteiger partial charge in [-0.05, 0) is 24.6 Å². The fourth-order valence-corrected chi connectivity index (χ4v) is 3.36. The highest BCUT2D eigenvalue weighted by atomic mass is 16.7. The molecule has 7 nitrogen and oxygen atoms in total. The van der Waals surface area contributed by atoms with E-state index < -0.39 is 0 Å². The van der Waals surface area contributed by atoms with E-state index in [0.29, 0.717) is 12.5 Å². The predicted octanol–water partition coefficient (Wildman–Crippen LogP) is 1.89. The summed E-state index contributed by atoms with van der Waals surface area (Å²) in [5.74, 6) is 2.49. The van der Waals surface area contributed by atoms with Gasteiger partial charge in [-0.25, -0.2) is 4.98 Å². The quantitative estimate of drug-likeness (QED) is 0.852. The summed E-state index contributed by atoms with van der Waals surface area (Å²) in [6.45, 7) is 4.97. The Morgan fingerprint density at radius 2 is 2.08 bits per heavy atom. The van der Waals surface area contributed by atoms with Gasteiger partial charge in [0, 0.05) is 39.9 Å². The topological polar surface area (TPSA) is 59.8 Å². The molecule has 4 rings (SSSR count). The zero-order valence-corrected chi connectivity index (χ0v) is 14.7. The Morgan fingerprint density at radius 1 is 1.28 bits per heavy atom. The van der Waals surface area contributed by atoms with Crippen LogP contribution in [0.2, 0.25) is 0 Å². The van der Waals surface area contributed by atoms with Crippen LogP contribution in [-0.2, 0) is 13.1 Å². The second-order valence-electron chi connectivity index (χ2n) is 6.71. The van der Waals surface area contributed by atoms with Crippen molar-refractivity contribution in [1.29, 1.82) is 0 Å². The fraction of sp³-hybridized carbons (Fsp3) is 0.444. The van der Waals surface area contributed by atoms with Crippen LogP contribution in [0.3, 0.4) is 0 Å². The average molecular weight is 342 g/mol. The lowest BCUT2D eigenvalue weighted by molar-refractivity contribution is 0.0822. The van der Waals surface area contributed by atoms with E-state index in [0.717, 1.165) is 37.0 Å². The number of imidazole rings is 1. The van der Waals surface area contributed by atoms with E-state index in [1.54, 1.807) is 19.0 Å². The van der Waals surface area contributed by atoms with Crippen molar-refractivity contribution in [2.24, 2.45) is 0 Å². The third-order valence-corrected chi connectivity index (χ3v) is 4.80. The van der Waals surface area contributed by atoms with Crippen molar-refractivity contribution in [3.05, 3.63) is 41.5 Å². The largest absolute Gasteiger partial charge is 0.454 e. The van der Waals surface area contributed by atoms with Gasteiger partial charge in [-0.3, -0.25) is 9.69 Å². The number of fused-ring (bicyclic) bond motifs is 2. The van der Waals surface area contributed by atoms with Crippen LogP contribution >= 0.6 is 0 Å². The first-order chi connectivity index (χ1) is 12.0. The maximum atomic E-state index is 12.2. The average Bonchev–Trinajstić information content (AvgIpc) is 3.23. The monoisotopic (exact) mass is 342 g/mol. The highest BCUT2D eigenvalue weighted by Crippen LogP contribution is 2.34. The smallest absolute Gasteiger partial charge is 0.273 e. The third kappa shape index (κ3) is 2.84. The van der Waals surface area contributed by atoms with Crippen LogP contribution in [0.15, 0.2) is 24.4 Å². The number of hydrogen-bond donors (Lipinski definition) is 0. The summed E-state index contributed by atoms with van der Waals surface area (Å²) in [6, 6.07) is 6.21. The van der Waals surface area contributed by atoms with Crippen LogP contribution < -0.4 is 9.47 Å². The summed E-state index contributed by atoms with van der Waals surface area (Å²) in [7, 11) is 3.49. The summed E-state index contributed by atoms with van der Waals surface area (Å²) in [5, 5.41) is 0. The standard InChI is InChI=1S/C18H22N4O3/c1-12-17-19-14(18(23)20(2)3)10-22(17)7-6-21(12)9-13-4-5-15-16(8-13)25-11-24-15/h4-5,8,10,12H,6-7,9,11H2,1-3H3/t12-/m0/s1. The normalized spacial score (nSPS) is 18.9. The van der Waals surface area contributed by atoms with Gasteiger partial charge in [0.1, 0.15) is 11.5 Å². The Morgan fingerprint density at radius 3 is 2.88 bits per heavy atom. The number of hydrogen-bond acceptors (Lipinski definition) is 5. The number of nitrogens with zero attached hydrogens (tertiary/aromatic N) is 4. The van der Waals surface area contributed by atoms with Crippen LogP contribution in [0.25, 0.3) is 0 Å². The van der Waals surface area contributed by atoms with E-state index in [1.807, 2.05) is 18.3 Å². The van der Waals surface area contributed by atoms with Crippen LogP contribution in [0.1, 0.15) is 34.8 Å². The van der Waals surface area contributed by atoms with Gasteiger partial charge in [0.15, 0.2) is 11.5 Å². The van der Waals surface area contributed by atoms with Crippen molar-refractivity contribution in [3.8, 4) is 11.5 Å². The molecule has 2 aliphatic heterocycles. The molecule has 1 aromatic carbocycles. The van der Waals surface area contributed by atoms with E-state index in [2.05, 4.69) is 27.4 Å². The summed E-state index contributed by atoms with van der Waals surface area (Å²) in [6.07, 6.45) is 1.87. The molecule has 1 aromatic heterocycles. The molecule has 3 heterocycles. The van der Waals surface area contributed by atoms with Gasteiger partial charge in [-0.15, -0.1) is 0 Å². The molecule has 1 atom stereocenters. The summed E-state index contributed by atoms with van der Waals surface area (Å²) < 4.78 is 12.9. The molecule has 132 valence electrons. The molecular formula is C18H22N4O3. The van der Waals surface area contributed by atoms with Crippen molar-refractivity contribution in [3.63, 3.8) is 0 Å². The number of carbonyl (C=O) groups is 1. The minimum Gasteiger partial charge on any atom is -0.454 e. The minimum absolute atomic E-state index is 0.0589. The minimum atomic E-state index is -0.0589. The predicted molar refractivity (Wildman–Crippen MR) is 91.6 cm³/mol. The van der Waals surface area contributed by atoms with Gasteiger partial charge < -0.3 is 18.9 Å². The van der Waals surface area contributed by atoms with E-state index in [9.17, 15) is 4.79 Å². The van der Waals surface area contributed by atoms with Crippen molar-refractivity contribution in [1.82, 2.24) is 19.4 Å². The molecule has 0 saturated heterocycles. The maximum Gasteiger partial charge on any atom is 0.273 e. The lowest BCUT2D eigenvalue weighted by Gasteiger charge is -2.33. The zero-order chi connectivity index (χ0) is 17.6. The van der Waals surface area contributed by atoms with Crippen molar-refractivity contribution in [2.45, 2.75) is 26.1 Å². The number of amides is 1. The third-order valence-electron chi connectivity index (χ3n) is 4.80. The number of rotatable bonds is 3. The first-order valence-corrected chi connectivity index (χ1v) is 8.44. The van der Waals surface area contributed by atoms with Crippen LogP contribution in [-0.4, -0.2) is 52.7 Å². The molecule has 0 bridgehead atoms. The lowest BCUT2D eigenvalue weighted by atomic mass is 10.1. The highest BCUT2D eigenvalue weighted by molar-refractivity contribution is 5.91. The van der Waals surface area contributed by atoms with Gasteiger partial charge in [-0.1, -0.05) is 6.07 Å². The second kappa shape index (κ2) is 6.07. The Hall–Kier alpha value is -2.54. The number of aromatic nitrogens is 2. The van der Waals surface area contributed by atoms with Gasteiger partial charge in [0.05, 0.1) is 6.04 Å². The number of benzene rings is 1. The number of carbonyl (C=O) groups excluding carboxylic acids is 1. The SMILES string of the molecule is C[C@H]1c2nc(C(=O)N(C)C)cn2CCN1Cc1ccc2c(c1)OCO2. The molecular weight excluding hydrogens is 320 g/mol. The van der Waals surface area contributed by atoms with Crippen molar-refractivity contribution >= 4 is 5.91 Å². The molecule has 2 aliphatic rings. The summed E-state index contributed by atoms with van der Waals surface area (Å²) in [4.78, 5) is 20.7. The van der Waals surface area contributed by atoms with Crippen LogP contribution in [0.5, 0.6) is 11.5 Å². The highest BCUT2D eigenvalue weighted by Gasteiger charge is 2.28. The molecule has 0 aliphatic carbocycles. The summed E-state index contributed by atoms with van der Waals surface area (Å²) >= 11 is 0. The van der Waals surface area contributed by atoms with E-state index in [-0.39, 0.29) is 11.9 Å². The van der Waals surface area contributed by atoms with Crippen LogP contribution in [0.4, 0.5) is 0 Å². The van der Waals surface area contributed by atoms with Gasteiger partial charge >= 0.3 is 0 Å². The molecule has 0 saturated carbocycles. The van der Waals surface area contributed by atoms with E-state index in [1.165, 1.54) is 5.56 Å². The Bertz CT molecular complexity index is 815. The molecule has 2 aromatic rings. The molecule has 7 heteroatoms. The second-order valence-corrected chi connectivity index (χ2v) is 6.71. The van der Waals surface area contributed by atoms with E-state index >= 15 is 0 Å². The fourth-order valence-electron chi connectivity index (χ4n) is 3.36. The van der Waals surface area contributed by atoms with Gasteiger partial charge in [-0.2, -0.15) is 0 Å². The van der Waals surface area contributed by atoms with Gasteiger partial charge in [0.2, 0.25) is 6.79 Å². The molecule has 0 unspecified atom stereocenters. The first kappa shape index (κ1) is 16.0. The van der Waals surface area contributed by atoms with Crippen molar-refractivity contribution < 1.29 is 14.3 Å². The first-order valence-electron chi connectivity index (χ1n) is 8.44. The van der Waals surface area contributed by atoms with Gasteiger partial charge in [0.25, 0.3) is 5.91 Å². The number of ether oxygens (including phenoxy) is 2. The van der Waals surface area contributed by atoms with E-state index in [4.69, 9.17) is 9.47 Å². The molecule has 0 radical (unpaired) electrons.